The van der Waals surface area contributed by atoms with Gasteiger partial charge in [0.15, 0.2) is 12.2 Å². The van der Waals surface area contributed by atoms with Crippen LogP contribution in [0.15, 0.2) is 122 Å². The van der Waals surface area contributed by atoms with Gasteiger partial charge in [-0.2, -0.15) is 0 Å². The van der Waals surface area contributed by atoms with E-state index in [4.69, 9.17) is 28.4 Å². The molecule has 0 radical (unpaired) electrons. The molecular weight excluding hydrogens is 1570 g/mol. The van der Waals surface area contributed by atoms with Crippen molar-refractivity contribution in [2.75, 3.05) is 26.4 Å². The Morgan fingerprint density at radius 3 is 0.787 bits per heavy atom. The zero-order valence-electron chi connectivity index (χ0n) is 83.4. The Hall–Kier alpha value is -5.78. The largest absolute Gasteiger partial charge is 0.462 e. The summed E-state index contributed by atoms with van der Waals surface area (Å²) in [5, 5.41) is 0. The van der Waals surface area contributed by atoms with Crippen LogP contribution >= 0.6 is 0 Å². The van der Waals surface area contributed by atoms with E-state index in [0.29, 0.717) is 49.4 Å². The molecule has 730 valence electrons. The van der Waals surface area contributed by atoms with Crippen molar-refractivity contribution < 1.29 is 57.2 Å². The molecule has 0 spiro atoms. The topological polar surface area (TPSA) is 158 Å². The van der Waals surface area contributed by atoms with Crippen LogP contribution in [-0.2, 0) is 57.2 Å². The Morgan fingerprint density at radius 2 is 0.449 bits per heavy atom. The number of esters is 6. The first-order valence-electron chi connectivity index (χ1n) is 54.1. The first-order chi connectivity index (χ1) is 62.5. The van der Waals surface area contributed by atoms with Gasteiger partial charge in [0, 0.05) is 38.5 Å². The molecule has 0 aromatic carbocycles. The molecule has 6 unspecified atom stereocenters. The summed E-state index contributed by atoms with van der Waals surface area (Å²) >= 11 is 0. The third-order valence-corrected chi connectivity index (χ3v) is 25.0. The average molecular weight is 1770 g/mol. The third-order valence-electron chi connectivity index (χ3n) is 25.0. The maximum Gasteiger partial charge on any atom is 0.306 e. The first kappa shape index (κ1) is 119. The number of carbonyl (C=O) groups is 6. The summed E-state index contributed by atoms with van der Waals surface area (Å²) in [6.07, 6.45) is 121. The number of ether oxygens (including phenoxy) is 6. The molecule has 6 atom stereocenters. The van der Waals surface area contributed by atoms with Crippen LogP contribution in [-0.4, -0.2) is 74.5 Å². The predicted molar refractivity (Wildman–Crippen MR) is 540 cm³/mol. The van der Waals surface area contributed by atoms with Gasteiger partial charge in [0.05, 0.1) is 0 Å². The molecule has 12 nitrogen and oxygen atoms in total. The van der Waals surface area contributed by atoms with E-state index in [-0.39, 0.29) is 75.1 Å². The Kier molecular flexibility index (Phi) is 90.4. The highest BCUT2D eigenvalue weighted by molar-refractivity contribution is 5.72. The molecular formula is C115H198O12. The SMILES string of the molecule is CC/C=C\C/C=C\C=C\CCCCCCCCC(=O)OCC(COC(=O)CCCCCCCC1C(CCCCCCCCC(=O)OCC(COC(=O)CCCCCCC/C=C\CCCCCCCC)OC(=O)CCCCCCC/C=C\C/C=C\CCCCC)C=CC(CC/C=C\CC)C1CCCCCCCC)OC(=O)CCCCCCC/C=C\C/C=C\CCCCC. The van der Waals surface area contributed by atoms with E-state index < -0.39 is 12.2 Å². The van der Waals surface area contributed by atoms with Gasteiger partial charge in [-0.05, 0) is 216 Å². The van der Waals surface area contributed by atoms with Crippen molar-refractivity contribution in [3.05, 3.63) is 122 Å². The summed E-state index contributed by atoms with van der Waals surface area (Å²) in [7, 11) is 0. The molecule has 0 amide bonds. The van der Waals surface area contributed by atoms with Crippen LogP contribution in [0.1, 0.15) is 510 Å². The van der Waals surface area contributed by atoms with E-state index in [0.717, 1.165) is 238 Å². The summed E-state index contributed by atoms with van der Waals surface area (Å²) in [5.74, 6) is 0.570. The van der Waals surface area contributed by atoms with E-state index in [1.54, 1.807) is 0 Å². The van der Waals surface area contributed by atoms with Crippen LogP contribution in [0.4, 0.5) is 0 Å². The molecule has 0 fully saturated rings. The Labute approximate surface area is 782 Å². The highest BCUT2D eigenvalue weighted by Crippen LogP contribution is 2.45. The lowest BCUT2D eigenvalue weighted by molar-refractivity contribution is -0.167. The molecule has 0 aromatic heterocycles. The van der Waals surface area contributed by atoms with Crippen LogP contribution < -0.4 is 0 Å². The highest BCUT2D eigenvalue weighted by atomic mass is 16.6. The first-order valence-corrected chi connectivity index (χ1v) is 54.1. The van der Waals surface area contributed by atoms with Gasteiger partial charge in [-0.15, -0.1) is 0 Å². The summed E-state index contributed by atoms with van der Waals surface area (Å²) in [6, 6.07) is 0. The van der Waals surface area contributed by atoms with E-state index in [9.17, 15) is 28.8 Å². The van der Waals surface area contributed by atoms with Crippen LogP contribution in [0.2, 0.25) is 0 Å². The van der Waals surface area contributed by atoms with Crippen molar-refractivity contribution in [2.24, 2.45) is 23.7 Å². The fraction of sp³-hybridized carbons (Fsp3) is 0.774. The number of hydrogen-bond acceptors (Lipinski definition) is 12. The minimum Gasteiger partial charge on any atom is -0.462 e. The third kappa shape index (κ3) is 83.1. The molecule has 1 aliphatic carbocycles. The molecule has 1 rings (SSSR count). The molecule has 0 saturated heterocycles. The minimum atomic E-state index is -0.846. The van der Waals surface area contributed by atoms with Gasteiger partial charge in [0.1, 0.15) is 26.4 Å². The summed E-state index contributed by atoms with van der Waals surface area (Å²) in [5.41, 5.74) is 0. The van der Waals surface area contributed by atoms with Crippen molar-refractivity contribution in [3.63, 3.8) is 0 Å². The van der Waals surface area contributed by atoms with E-state index >= 15 is 0 Å². The Morgan fingerprint density at radius 1 is 0.220 bits per heavy atom. The van der Waals surface area contributed by atoms with Gasteiger partial charge in [-0.1, -0.05) is 401 Å². The Balaban J connectivity index is 2.89. The molecule has 1 aliphatic rings. The molecule has 0 bridgehead atoms. The smallest absolute Gasteiger partial charge is 0.306 e. The fourth-order valence-electron chi connectivity index (χ4n) is 17.1. The average Bonchev–Trinajstić information content (AvgIpc) is 0.815. The zero-order chi connectivity index (χ0) is 91.8. The second-order valence-corrected chi connectivity index (χ2v) is 36.9. The van der Waals surface area contributed by atoms with Gasteiger partial charge >= 0.3 is 35.8 Å². The Bertz CT molecular complexity index is 2820. The summed E-state index contributed by atoms with van der Waals surface area (Å²) in [6.45, 7) is 12.9. The fourth-order valence-corrected chi connectivity index (χ4v) is 17.1. The van der Waals surface area contributed by atoms with Crippen molar-refractivity contribution in [3.8, 4) is 0 Å². The number of allylic oxidation sites excluding steroid dienone is 20. The van der Waals surface area contributed by atoms with Crippen LogP contribution in [0.25, 0.3) is 0 Å². The number of carbonyl (C=O) groups excluding carboxylic acids is 6. The van der Waals surface area contributed by atoms with Crippen molar-refractivity contribution in [1.29, 1.82) is 0 Å². The maximum absolute atomic E-state index is 13.3. The van der Waals surface area contributed by atoms with Crippen molar-refractivity contribution in [1.82, 2.24) is 0 Å². The lowest BCUT2D eigenvalue weighted by Gasteiger charge is -2.41. The van der Waals surface area contributed by atoms with Crippen LogP contribution in [0.5, 0.6) is 0 Å². The van der Waals surface area contributed by atoms with E-state index in [1.165, 1.54) is 193 Å². The minimum absolute atomic E-state index is 0.119. The van der Waals surface area contributed by atoms with Gasteiger partial charge in [0.25, 0.3) is 0 Å². The normalized spacial score (nSPS) is 15.5. The molecule has 0 aliphatic heterocycles. The standard InChI is InChI=1S/C115H198O12/c1-7-13-19-25-30-34-38-42-46-50-54-58-62-72-82-92-110(116)122-100-106(126-114(120)96-86-75-64-60-56-52-48-44-40-36-32-27-21-15-9-3)102-124-112(118)94-84-74-67-66-69-79-89-105-99-98-104(88-78-24-18-12-6)108(90-80-70-29-23-17-11-5)109(105)91-81-71-68-77-85-95-113(119)125-103-107(127-115(121)97-87-76-65-61-57-53-49-45-41-37-33-28-22-16-10-4)101-123-111(117)93-83-73-63-59-55-51-47-43-39-35-31-26-20-14-8-2/h14,18,20,24,31-33,35-37,39,42-46,48-49,98-99,104-109H,7-13,15-17,19,21-23,25-30,34,38,40-41,47,50-97,100-103H2,1-6H3/b20-14-,24-18-,35-31-,36-32-,37-33-,43-39+,46-42-,48-44-,49-45-. The molecule has 12 heteroatoms. The molecule has 0 heterocycles. The maximum atomic E-state index is 13.3. The second kappa shape index (κ2) is 96.3. The number of rotatable bonds is 94. The number of unbranched alkanes of at least 4 members (excludes halogenated alkanes) is 47. The summed E-state index contributed by atoms with van der Waals surface area (Å²) < 4.78 is 34.7. The van der Waals surface area contributed by atoms with Crippen molar-refractivity contribution >= 4 is 35.8 Å². The molecule has 127 heavy (non-hydrogen) atoms. The highest BCUT2D eigenvalue weighted by Gasteiger charge is 2.35. The van der Waals surface area contributed by atoms with E-state index in [1.807, 2.05) is 0 Å². The quantitative estimate of drug-likeness (QED) is 0.0187. The van der Waals surface area contributed by atoms with Gasteiger partial charge in [0.2, 0.25) is 0 Å². The lowest BCUT2D eigenvalue weighted by atomic mass is 9.64. The van der Waals surface area contributed by atoms with Crippen molar-refractivity contribution in [2.45, 2.75) is 522 Å². The lowest BCUT2D eigenvalue weighted by Crippen LogP contribution is -2.32. The monoisotopic (exact) mass is 1770 g/mol. The van der Waals surface area contributed by atoms with Crippen LogP contribution in [0.3, 0.4) is 0 Å². The second-order valence-electron chi connectivity index (χ2n) is 36.9. The predicted octanol–water partition coefficient (Wildman–Crippen LogP) is 34.6. The zero-order valence-corrected chi connectivity index (χ0v) is 83.4. The number of hydrogen-bond donors (Lipinski definition) is 0. The van der Waals surface area contributed by atoms with Gasteiger partial charge < -0.3 is 28.4 Å². The van der Waals surface area contributed by atoms with Gasteiger partial charge in [-0.25, -0.2) is 0 Å². The molecule has 0 aromatic rings. The summed E-state index contributed by atoms with van der Waals surface area (Å²) in [4.78, 5) is 79.1. The molecule has 0 N–H and O–H groups in total. The van der Waals surface area contributed by atoms with Gasteiger partial charge in [-0.3, -0.25) is 28.8 Å². The van der Waals surface area contributed by atoms with E-state index in [2.05, 4.69) is 163 Å². The molecule has 0 saturated carbocycles. The van der Waals surface area contributed by atoms with Crippen LogP contribution in [0, 0.1) is 23.7 Å².